The van der Waals surface area contributed by atoms with Crippen LogP contribution in [0, 0.1) is 6.92 Å². The summed E-state index contributed by atoms with van der Waals surface area (Å²) < 4.78 is 5.14. The fraction of sp³-hybridized carbons (Fsp3) is 0.143. The first-order valence-corrected chi connectivity index (χ1v) is 8.83. The van der Waals surface area contributed by atoms with Crippen molar-refractivity contribution >= 4 is 28.9 Å². The van der Waals surface area contributed by atoms with Gasteiger partial charge in [0.2, 0.25) is 0 Å². The number of anilines is 2. The zero-order valence-electron chi connectivity index (χ0n) is 15.1. The molecule has 27 heavy (non-hydrogen) atoms. The molecule has 3 rings (SSSR count). The van der Waals surface area contributed by atoms with E-state index in [2.05, 4.69) is 15.6 Å². The van der Waals surface area contributed by atoms with E-state index in [1.165, 1.54) is 0 Å². The number of pyridine rings is 1. The molecule has 0 fully saturated rings. The molecular formula is C21H20ClN3O2. The first-order chi connectivity index (χ1) is 13.0. The zero-order chi connectivity index (χ0) is 19.2. The molecule has 5 nitrogen and oxygen atoms in total. The summed E-state index contributed by atoms with van der Waals surface area (Å²) in [6, 6.07) is 16.9. The molecule has 0 radical (unpaired) electrons. The summed E-state index contributed by atoms with van der Waals surface area (Å²) in [6.45, 7) is 2.49. The molecule has 3 aromatic rings. The fourth-order valence-electron chi connectivity index (χ4n) is 2.61. The number of carbonyl (C=O) groups is 1. The average Bonchev–Trinajstić information content (AvgIpc) is 2.67. The van der Waals surface area contributed by atoms with E-state index in [1.54, 1.807) is 37.6 Å². The molecule has 0 spiro atoms. The number of ether oxygens (including phenoxy) is 1. The van der Waals surface area contributed by atoms with Crippen molar-refractivity contribution < 1.29 is 9.53 Å². The molecule has 1 heterocycles. The van der Waals surface area contributed by atoms with E-state index in [-0.39, 0.29) is 5.91 Å². The largest absolute Gasteiger partial charge is 0.495 e. The lowest BCUT2D eigenvalue weighted by atomic mass is 10.1. The van der Waals surface area contributed by atoms with Gasteiger partial charge in [0, 0.05) is 12.2 Å². The molecule has 6 heteroatoms. The molecule has 2 N–H and O–H groups in total. The van der Waals surface area contributed by atoms with Gasteiger partial charge in [-0.15, -0.1) is 0 Å². The average molecular weight is 382 g/mol. The standard InChI is InChI=1S/C21H20ClN3O2/c1-14-4-3-5-15(10-14)12-24-21(26)19-8-6-17(13-23-19)25-16-7-9-20(27-2)18(22)11-16/h3-11,13,25H,12H2,1-2H3,(H,24,26). The second-order valence-corrected chi connectivity index (χ2v) is 6.49. The van der Waals surface area contributed by atoms with Crippen LogP contribution in [0.15, 0.2) is 60.8 Å². The minimum Gasteiger partial charge on any atom is -0.495 e. The third kappa shape index (κ3) is 4.99. The predicted molar refractivity (Wildman–Crippen MR) is 108 cm³/mol. The van der Waals surface area contributed by atoms with Crippen LogP contribution in [0.4, 0.5) is 11.4 Å². The molecule has 0 atom stereocenters. The number of carbonyl (C=O) groups excluding carboxylic acids is 1. The zero-order valence-corrected chi connectivity index (χ0v) is 15.9. The van der Waals surface area contributed by atoms with Crippen LogP contribution in [0.2, 0.25) is 5.02 Å². The molecule has 0 unspecified atom stereocenters. The third-order valence-corrected chi connectivity index (χ3v) is 4.27. The van der Waals surface area contributed by atoms with Crippen LogP contribution in [0.1, 0.15) is 21.6 Å². The van der Waals surface area contributed by atoms with Crippen LogP contribution in [-0.2, 0) is 6.54 Å². The number of aromatic nitrogens is 1. The number of nitrogens with zero attached hydrogens (tertiary/aromatic N) is 1. The maximum Gasteiger partial charge on any atom is 0.270 e. The highest BCUT2D eigenvalue weighted by molar-refractivity contribution is 6.32. The quantitative estimate of drug-likeness (QED) is 0.648. The molecular weight excluding hydrogens is 362 g/mol. The summed E-state index contributed by atoms with van der Waals surface area (Å²) in [5.41, 5.74) is 4.14. The molecule has 0 saturated heterocycles. The predicted octanol–water partition coefficient (Wildman–Crippen LogP) is 4.73. The summed E-state index contributed by atoms with van der Waals surface area (Å²) in [5, 5.41) is 6.59. The van der Waals surface area contributed by atoms with E-state index in [1.807, 2.05) is 37.3 Å². The fourth-order valence-corrected chi connectivity index (χ4v) is 2.87. The number of methoxy groups -OCH3 is 1. The smallest absolute Gasteiger partial charge is 0.270 e. The van der Waals surface area contributed by atoms with E-state index in [4.69, 9.17) is 16.3 Å². The number of rotatable bonds is 6. The van der Waals surface area contributed by atoms with E-state index >= 15 is 0 Å². The number of nitrogens with one attached hydrogen (secondary N) is 2. The molecule has 138 valence electrons. The van der Waals surface area contributed by atoms with Gasteiger partial charge in [-0.05, 0) is 42.8 Å². The Bertz CT molecular complexity index is 942. The van der Waals surface area contributed by atoms with Gasteiger partial charge in [0.25, 0.3) is 5.91 Å². The molecule has 0 aliphatic carbocycles. The topological polar surface area (TPSA) is 63.2 Å². The van der Waals surface area contributed by atoms with E-state index in [0.29, 0.717) is 23.0 Å². The Kier molecular flexibility index (Phi) is 5.94. The van der Waals surface area contributed by atoms with Gasteiger partial charge in [0.15, 0.2) is 0 Å². The highest BCUT2D eigenvalue weighted by Gasteiger charge is 2.08. The minimum atomic E-state index is -0.212. The monoisotopic (exact) mass is 381 g/mol. The highest BCUT2D eigenvalue weighted by Crippen LogP contribution is 2.28. The summed E-state index contributed by atoms with van der Waals surface area (Å²) in [6.07, 6.45) is 1.61. The van der Waals surface area contributed by atoms with E-state index in [0.717, 1.165) is 22.5 Å². The van der Waals surface area contributed by atoms with Gasteiger partial charge in [0.1, 0.15) is 11.4 Å². The molecule has 0 bridgehead atoms. The van der Waals surface area contributed by atoms with E-state index < -0.39 is 0 Å². The number of halogens is 1. The molecule has 0 aliphatic rings. The molecule has 1 aromatic heterocycles. The highest BCUT2D eigenvalue weighted by atomic mass is 35.5. The maximum absolute atomic E-state index is 12.3. The minimum absolute atomic E-state index is 0.212. The van der Waals surface area contributed by atoms with Gasteiger partial charge in [0.05, 0.1) is 24.0 Å². The van der Waals surface area contributed by atoms with Crippen molar-refractivity contribution in [2.24, 2.45) is 0 Å². The van der Waals surface area contributed by atoms with E-state index in [9.17, 15) is 4.79 Å². The normalized spacial score (nSPS) is 10.3. The van der Waals surface area contributed by atoms with Crippen LogP contribution < -0.4 is 15.4 Å². The summed E-state index contributed by atoms with van der Waals surface area (Å²) in [4.78, 5) is 16.5. The van der Waals surface area contributed by atoms with Crippen molar-refractivity contribution in [1.29, 1.82) is 0 Å². The Balaban J connectivity index is 1.61. The number of aryl methyl sites for hydroxylation is 1. The van der Waals surface area contributed by atoms with Gasteiger partial charge >= 0.3 is 0 Å². The number of hydrogen-bond acceptors (Lipinski definition) is 4. The third-order valence-electron chi connectivity index (χ3n) is 3.97. The van der Waals surface area contributed by atoms with Crippen molar-refractivity contribution in [3.63, 3.8) is 0 Å². The Morgan fingerprint density at radius 2 is 1.93 bits per heavy atom. The summed E-state index contributed by atoms with van der Waals surface area (Å²) in [7, 11) is 1.57. The van der Waals surface area contributed by atoms with Gasteiger partial charge in [-0.1, -0.05) is 41.4 Å². The van der Waals surface area contributed by atoms with Crippen molar-refractivity contribution in [2.75, 3.05) is 12.4 Å². The lowest BCUT2D eigenvalue weighted by molar-refractivity contribution is 0.0946. The van der Waals surface area contributed by atoms with Crippen LogP contribution in [0.3, 0.4) is 0 Å². The number of amides is 1. The van der Waals surface area contributed by atoms with Crippen molar-refractivity contribution in [2.45, 2.75) is 13.5 Å². The Morgan fingerprint density at radius 3 is 2.59 bits per heavy atom. The summed E-state index contributed by atoms with van der Waals surface area (Å²) >= 11 is 6.12. The van der Waals surface area contributed by atoms with Gasteiger partial charge in [-0.2, -0.15) is 0 Å². The van der Waals surface area contributed by atoms with Gasteiger partial charge in [-0.3, -0.25) is 4.79 Å². The lowest BCUT2D eigenvalue weighted by Gasteiger charge is -2.10. The van der Waals surface area contributed by atoms with Crippen molar-refractivity contribution in [3.8, 4) is 5.75 Å². The number of benzene rings is 2. The van der Waals surface area contributed by atoms with Crippen molar-refractivity contribution in [1.82, 2.24) is 10.3 Å². The van der Waals surface area contributed by atoms with Crippen LogP contribution >= 0.6 is 11.6 Å². The lowest BCUT2D eigenvalue weighted by Crippen LogP contribution is -2.23. The molecule has 1 amide bonds. The first-order valence-electron chi connectivity index (χ1n) is 8.45. The molecule has 0 aliphatic heterocycles. The van der Waals surface area contributed by atoms with Crippen LogP contribution in [-0.4, -0.2) is 18.0 Å². The maximum atomic E-state index is 12.3. The van der Waals surface area contributed by atoms with Gasteiger partial charge < -0.3 is 15.4 Å². The van der Waals surface area contributed by atoms with Crippen molar-refractivity contribution in [3.05, 3.63) is 82.6 Å². The van der Waals surface area contributed by atoms with Crippen LogP contribution in [0.25, 0.3) is 0 Å². The molecule has 0 saturated carbocycles. The Hall–Kier alpha value is -3.05. The Labute approximate surface area is 163 Å². The van der Waals surface area contributed by atoms with Crippen LogP contribution in [0.5, 0.6) is 5.75 Å². The molecule has 2 aromatic carbocycles. The Morgan fingerprint density at radius 1 is 1.11 bits per heavy atom. The summed E-state index contributed by atoms with van der Waals surface area (Å²) in [5.74, 6) is 0.400. The second kappa shape index (κ2) is 8.56. The number of hydrogen-bond donors (Lipinski definition) is 2. The van der Waals surface area contributed by atoms with Gasteiger partial charge in [-0.25, -0.2) is 4.98 Å². The SMILES string of the molecule is COc1ccc(Nc2ccc(C(=O)NCc3cccc(C)c3)nc2)cc1Cl. The first kappa shape index (κ1) is 18.7. The second-order valence-electron chi connectivity index (χ2n) is 6.08.